The van der Waals surface area contributed by atoms with Gasteiger partial charge < -0.3 is 21.1 Å². The first kappa shape index (κ1) is 22.7. The van der Waals surface area contributed by atoms with Crippen molar-refractivity contribution in [2.45, 2.75) is 6.54 Å². The third-order valence-electron chi connectivity index (χ3n) is 1.76. The minimum absolute atomic E-state index is 0. The van der Waals surface area contributed by atoms with E-state index in [0.717, 1.165) is 11.3 Å². The largest absolute Gasteiger partial charge is 0.670 e. The van der Waals surface area contributed by atoms with Crippen LogP contribution in [0.3, 0.4) is 0 Å². The van der Waals surface area contributed by atoms with Crippen LogP contribution >= 0.6 is 0 Å². The smallest absolute Gasteiger partial charge is 0.173 e. The molecule has 0 saturated carbocycles. The van der Waals surface area contributed by atoms with Crippen molar-refractivity contribution in [3.8, 4) is 11.3 Å². The predicted octanol–water partition coefficient (Wildman–Crippen LogP) is 1.24. The molecule has 0 spiro atoms. The van der Waals surface area contributed by atoms with E-state index >= 15 is 0 Å². The fraction of sp³-hybridized carbons (Fsp3) is 0.100. The molecule has 1 aromatic carbocycles. The Hall–Kier alpha value is 0.518. The molecule has 0 atom stereocenters. The van der Waals surface area contributed by atoms with Gasteiger partial charge in [-0.15, -0.1) is 0 Å². The minimum Gasteiger partial charge on any atom is -0.670 e. The Morgan fingerprint density at radius 3 is 2.12 bits per heavy atom. The number of benzene rings is 1. The standard InChI is InChI=1S/C10H9N2O.2H2O.2Y/c11-6-10-12-7-9(13-10)8-4-2-1-3-5-8;;;;/h1-5,7,11H,6H2;2*1H2;;/q-1;;;;. The zero-order valence-electron chi connectivity index (χ0n) is 9.18. The van der Waals surface area contributed by atoms with Crippen LogP contribution in [0.2, 0.25) is 0 Å². The quantitative estimate of drug-likeness (QED) is 0.772. The number of nitrogens with one attached hydrogen (secondary N) is 1. The van der Waals surface area contributed by atoms with Gasteiger partial charge in [-0.1, -0.05) is 36.9 Å². The molecule has 1 aromatic heterocycles. The molecule has 88 valence electrons. The summed E-state index contributed by atoms with van der Waals surface area (Å²) in [6.07, 6.45) is 1.65. The second-order valence-corrected chi connectivity index (χ2v) is 2.66. The molecule has 0 amide bonds. The molecule has 0 fully saturated rings. The van der Waals surface area contributed by atoms with Gasteiger partial charge in [0.2, 0.25) is 0 Å². The van der Waals surface area contributed by atoms with E-state index in [2.05, 4.69) is 4.98 Å². The van der Waals surface area contributed by atoms with E-state index in [0.29, 0.717) is 5.89 Å². The summed E-state index contributed by atoms with van der Waals surface area (Å²) in [6.45, 7) is 0.0901. The molecule has 5 nitrogen and oxygen atoms in total. The molecular formula is C10H13N2O3Y2-. The van der Waals surface area contributed by atoms with Gasteiger partial charge in [0.15, 0.2) is 11.7 Å². The van der Waals surface area contributed by atoms with E-state index in [-0.39, 0.29) is 82.9 Å². The van der Waals surface area contributed by atoms with Crippen molar-refractivity contribution in [1.82, 2.24) is 4.98 Å². The van der Waals surface area contributed by atoms with Crippen LogP contribution < -0.4 is 0 Å². The van der Waals surface area contributed by atoms with Gasteiger partial charge in [0.05, 0.1) is 6.20 Å². The molecule has 0 saturated heterocycles. The van der Waals surface area contributed by atoms with Gasteiger partial charge in [0, 0.05) is 71.0 Å². The first-order valence-corrected chi connectivity index (χ1v) is 4.05. The van der Waals surface area contributed by atoms with Crippen molar-refractivity contribution in [3.63, 3.8) is 0 Å². The van der Waals surface area contributed by atoms with Crippen LogP contribution in [0.5, 0.6) is 0 Å². The minimum atomic E-state index is 0. The molecule has 0 aliphatic rings. The number of aromatic nitrogens is 1. The number of hydrogen-bond donors (Lipinski definition) is 0. The Kier molecular flexibility index (Phi) is 15.5. The maximum absolute atomic E-state index is 7.06. The average Bonchev–Trinajstić information content (AvgIpc) is 2.67. The molecule has 17 heavy (non-hydrogen) atoms. The van der Waals surface area contributed by atoms with E-state index < -0.39 is 0 Å². The molecule has 0 unspecified atom stereocenters. The molecule has 0 bridgehead atoms. The van der Waals surface area contributed by atoms with Crippen LogP contribution in [-0.2, 0) is 72.0 Å². The summed E-state index contributed by atoms with van der Waals surface area (Å²) in [4.78, 5) is 3.96. The number of rotatable bonds is 2. The van der Waals surface area contributed by atoms with Crippen molar-refractivity contribution in [2.24, 2.45) is 0 Å². The molecule has 2 rings (SSSR count). The molecule has 0 aliphatic heterocycles. The van der Waals surface area contributed by atoms with E-state index in [4.69, 9.17) is 10.2 Å². The molecular weight excluding hydrogens is 374 g/mol. The summed E-state index contributed by atoms with van der Waals surface area (Å²) in [7, 11) is 0. The van der Waals surface area contributed by atoms with E-state index in [1.165, 1.54) is 0 Å². The van der Waals surface area contributed by atoms with Gasteiger partial charge in [-0.2, -0.15) is 0 Å². The Labute approximate surface area is 150 Å². The summed E-state index contributed by atoms with van der Waals surface area (Å²) in [5, 5.41) is 0. The second-order valence-electron chi connectivity index (χ2n) is 2.66. The van der Waals surface area contributed by atoms with E-state index in [1.807, 2.05) is 30.3 Å². The maximum Gasteiger partial charge on any atom is 0.173 e. The van der Waals surface area contributed by atoms with Crippen molar-refractivity contribution in [2.75, 3.05) is 0 Å². The van der Waals surface area contributed by atoms with Crippen molar-refractivity contribution < 1.29 is 80.8 Å². The van der Waals surface area contributed by atoms with Crippen LogP contribution in [0, 0.1) is 0 Å². The average molecular weight is 387 g/mol. The summed E-state index contributed by atoms with van der Waals surface area (Å²) in [6, 6.07) is 9.74. The second kappa shape index (κ2) is 11.6. The SMILES string of the molecule is O.O.[NH-]Cc1ncc(-c2ccccc2)o1.[Y].[Y]. The van der Waals surface area contributed by atoms with Gasteiger partial charge >= 0.3 is 0 Å². The monoisotopic (exact) mass is 387 g/mol. The van der Waals surface area contributed by atoms with Crippen molar-refractivity contribution >= 4 is 0 Å². The topological polar surface area (TPSA) is 113 Å². The summed E-state index contributed by atoms with van der Waals surface area (Å²) < 4.78 is 5.32. The third-order valence-corrected chi connectivity index (χ3v) is 1.76. The molecule has 2 aromatic rings. The third kappa shape index (κ3) is 6.29. The summed E-state index contributed by atoms with van der Waals surface area (Å²) in [5.41, 5.74) is 8.06. The van der Waals surface area contributed by atoms with Crippen molar-refractivity contribution in [1.29, 1.82) is 0 Å². The van der Waals surface area contributed by atoms with Gasteiger partial charge in [-0.3, -0.25) is 0 Å². The Bertz CT molecular complexity index is 395. The first-order valence-electron chi connectivity index (χ1n) is 4.05. The van der Waals surface area contributed by atoms with Gasteiger partial charge in [-0.25, -0.2) is 4.98 Å². The number of oxazole rings is 1. The Morgan fingerprint density at radius 2 is 1.65 bits per heavy atom. The summed E-state index contributed by atoms with van der Waals surface area (Å²) in [5.74, 6) is 1.18. The Morgan fingerprint density at radius 1 is 1.06 bits per heavy atom. The van der Waals surface area contributed by atoms with Gasteiger partial charge in [-0.05, 0) is 0 Å². The molecule has 7 heteroatoms. The van der Waals surface area contributed by atoms with Crippen molar-refractivity contribution in [3.05, 3.63) is 48.2 Å². The van der Waals surface area contributed by atoms with Crippen LogP contribution in [0.1, 0.15) is 5.89 Å². The summed E-state index contributed by atoms with van der Waals surface area (Å²) >= 11 is 0. The maximum atomic E-state index is 7.06. The molecule has 2 radical (unpaired) electrons. The zero-order valence-corrected chi connectivity index (χ0v) is 14.9. The fourth-order valence-corrected chi connectivity index (χ4v) is 1.13. The molecule has 0 aliphatic carbocycles. The van der Waals surface area contributed by atoms with E-state index in [9.17, 15) is 0 Å². The Balaban J connectivity index is -0.000000490. The van der Waals surface area contributed by atoms with Crippen LogP contribution in [0.25, 0.3) is 17.1 Å². The number of hydrogen-bond acceptors (Lipinski definition) is 2. The number of nitrogens with zero attached hydrogens (tertiary/aromatic N) is 1. The molecule has 5 N–H and O–H groups in total. The van der Waals surface area contributed by atoms with Crippen LogP contribution in [0.15, 0.2) is 40.9 Å². The molecule has 1 heterocycles. The zero-order chi connectivity index (χ0) is 9.10. The van der Waals surface area contributed by atoms with Crippen LogP contribution in [-0.4, -0.2) is 15.9 Å². The van der Waals surface area contributed by atoms with Crippen LogP contribution in [0.4, 0.5) is 0 Å². The van der Waals surface area contributed by atoms with Gasteiger partial charge in [0.25, 0.3) is 0 Å². The van der Waals surface area contributed by atoms with Gasteiger partial charge in [0.1, 0.15) is 0 Å². The predicted molar refractivity (Wildman–Crippen MR) is 57.2 cm³/mol. The first-order chi connectivity index (χ1) is 6.40. The van der Waals surface area contributed by atoms with E-state index in [1.54, 1.807) is 6.20 Å². The fourth-order valence-electron chi connectivity index (χ4n) is 1.13. The normalized spacial score (nSPS) is 7.82.